The number of amides is 1. The highest BCUT2D eigenvalue weighted by molar-refractivity contribution is 5.77. The molecule has 1 atom stereocenters. The molecule has 31 heavy (non-hydrogen) atoms. The van der Waals surface area contributed by atoms with Gasteiger partial charge in [-0.15, -0.1) is 5.10 Å². The Hall–Kier alpha value is -3.85. The molecule has 0 bridgehead atoms. The van der Waals surface area contributed by atoms with Crippen molar-refractivity contribution < 1.29 is 14.5 Å². The van der Waals surface area contributed by atoms with Crippen LogP contribution in [0.1, 0.15) is 12.0 Å². The predicted molar refractivity (Wildman–Crippen MR) is 113 cm³/mol. The normalized spacial score (nSPS) is 15.7. The molecule has 3 aromatic rings. The summed E-state index contributed by atoms with van der Waals surface area (Å²) in [6, 6.07) is 15.3. The molecule has 1 aromatic heterocycles. The van der Waals surface area contributed by atoms with Gasteiger partial charge in [0.2, 0.25) is 0 Å². The highest BCUT2D eigenvalue weighted by atomic mass is 16.6. The van der Waals surface area contributed by atoms with Crippen LogP contribution in [0.5, 0.6) is 0 Å². The van der Waals surface area contributed by atoms with Crippen molar-refractivity contribution >= 4 is 11.7 Å². The maximum Gasteiger partial charge on any atom is 0.346 e. The minimum atomic E-state index is -0.464. The minimum Gasteiger partial charge on any atom is -0.374 e. The largest absolute Gasteiger partial charge is 0.374 e. The number of hydrogen-bond acceptors (Lipinski definition) is 6. The molecular weight excluding hydrogens is 398 g/mol. The zero-order chi connectivity index (χ0) is 21.6. The van der Waals surface area contributed by atoms with Gasteiger partial charge in [0.25, 0.3) is 5.69 Å². The molecule has 4 rings (SSSR count). The van der Waals surface area contributed by atoms with E-state index in [2.05, 4.69) is 10.3 Å². The molecule has 0 unspecified atom stereocenters. The van der Waals surface area contributed by atoms with Crippen LogP contribution in [0, 0.1) is 10.1 Å². The van der Waals surface area contributed by atoms with Gasteiger partial charge < -0.3 is 9.64 Å². The summed E-state index contributed by atoms with van der Waals surface area (Å²) < 4.78 is 7.03. The van der Waals surface area contributed by atoms with E-state index in [0.29, 0.717) is 31.0 Å². The summed E-state index contributed by atoms with van der Waals surface area (Å²) in [4.78, 5) is 25.1. The number of aromatic nitrogens is 3. The predicted octanol–water partition coefficient (Wildman–Crippen LogP) is 3.67. The van der Waals surface area contributed by atoms with Gasteiger partial charge in [0.1, 0.15) is 5.69 Å². The van der Waals surface area contributed by atoms with E-state index in [1.54, 1.807) is 17.0 Å². The molecule has 158 valence electrons. The quantitative estimate of drug-likeness (QED) is 0.343. The van der Waals surface area contributed by atoms with Gasteiger partial charge in [-0.1, -0.05) is 47.7 Å². The van der Waals surface area contributed by atoms with Gasteiger partial charge in [0.05, 0.1) is 30.4 Å². The van der Waals surface area contributed by atoms with Crippen LogP contribution in [0.15, 0.2) is 72.9 Å². The van der Waals surface area contributed by atoms with E-state index in [1.165, 1.54) is 23.0 Å². The first kappa shape index (κ1) is 20.4. The van der Waals surface area contributed by atoms with Gasteiger partial charge in [-0.05, 0) is 24.1 Å². The maximum atomic E-state index is 13.0. The van der Waals surface area contributed by atoms with E-state index in [9.17, 15) is 14.9 Å². The van der Waals surface area contributed by atoms with Gasteiger partial charge in [-0.2, -0.15) is 4.68 Å². The summed E-state index contributed by atoms with van der Waals surface area (Å²) in [5.74, 6) is 0. The second-order valence-electron chi connectivity index (χ2n) is 7.11. The Morgan fingerprint density at radius 3 is 2.68 bits per heavy atom. The topological polar surface area (TPSA) is 103 Å². The molecule has 0 fully saturated rings. The summed E-state index contributed by atoms with van der Waals surface area (Å²) in [5, 5.41) is 18.8. The molecule has 2 heterocycles. The molecule has 0 saturated carbocycles. The van der Waals surface area contributed by atoms with Gasteiger partial charge in [0.15, 0.2) is 0 Å². The van der Waals surface area contributed by atoms with E-state index in [1.807, 2.05) is 42.5 Å². The first-order valence-electron chi connectivity index (χ1n) is 9.88. The number of nitro benzene ring substituents is 1. The fourth-order valence-electron chi connectivity index (χ4n) is 3.37. The molecular formula is C22H21N5O4. The van der Waals surface area contributed by atoms with E-state index in [0.717, 1.165) is 12.0 Å². The van der Waals surface area contributed by atoms with Crippen molar-refractivity contribution in [3.63, 3.8) is 0 Å². The standard InChI is InChI=1S/C22H21N5O4/c28-22(26-14-21(23-24-26)18-9-11-19(12-10-18)27(29)30)25-13-5-4-8-20(25)16-31-15-17-6-2-1-3-7-17/h1-4,6-12,14,20H,5,13,15-16H2/t20-/m1/s1. The number of nitro groups is 1. The van der Waals surface area contributed by atoms with Gasteiger partial charge in [-0.25, -0.2) is 4.79 Å². The maximum absolute atomic E-state index is 13.0. The molecule has 1 aliphatic heterocycles. The summed E-state index contributed by atoms with van der Waals surface area (Å²) in [7, 11) is 0. The van der Waals surface area contributed by atoms with Crippen molar-refractivity contribution in [3.8, 4) is 11.3 Å². The highest BCUT2D eigenvalue weighted by Crippen LogP contribution is 2.21. The van der Waals surface area contributed by atoms with Crippen LogP contribution in [0.4, 0.5) is 10.5 Å². The number of nitrogens with zero attached hydrogens (tertiary/aromatic N) is 5. The fourth-order valence-corrected chi connectivity index (χ4v) is 3.37. The van der Waals surface area contributed by atoms with Crippen molar-refractivity contribution in [1.82, 2.24) is 19.9 Å². The number of carbonyl (C=O) groups excluding carboxylic acids is 1. The number of ether oxygens (including phenoxy) is 1. The van der Waals surface area contributed by atoms with E-state index in [4.69, 9.17) is 4.74 Å². The minimum absolute atomic E-state index is 0.00864. The Balaban J connectivity index is 1.42. The molecule has 0 radical (unpaired) electrons. The van der Waals surface area contributed by atoms with Gasteiger partial charge in [0, 0.05) is 24.2 Å². The van der Waals surface area contributed by atoms with Crippen molar-refractivity contribution in [3.05, 3.63) is 88.6 Å². The first-order chi connectivity index (χ1) is 15.1. The molecule has 1 amide bonds. The van der Waals surface area contributed by atoms with E-state index >= 15 is 0 Å². The van der Waals surface area contributed by atoms with Crippen molar-refractivity contribution in [1.29, 1.82) is 0 Å². The van der Waals surface area contributed by atoms with Crippen molar-refractivity contribution in [2.24, 2.45) is 0 Å². The molecule has 9 heteroatoms. The molecule has 9 nitrogen and oxygen atoms in total. The smallest absolute Gasteiger partial charge is 0.346 e. The number of benzene rings is 2. The number of rotatable bonds is 6. The second kappa shape index (κ2) is 9.31. The first-order valence-corrected chi connectivity index (χ1v) is 9.88. The third-order valence-electron chi connectivity index (χ3n) is 5.00. The Bertz CT molecular complexity index is 1080. The summed E-state index contributed by atoms with van der Waals surface area (Å²) in [5.41, 5.74) is 2.17. The number of non-ortho nitro benzene ring substituents is 1. The zero-order valence-corrected chi connectivity index (χ0v) is 16.7. The molecule has 0 N–H and O–H groups in total. The number of carbonyl (C=O) groups is 1. The molecule has 0 saturated heterocycles. The number of hydrogen-bond donors (Lipinski definition) is 0. The third-order valence-corrected chi connectivity index (χ3v) is 5.00. The van der Waals surface area contributed by atoms with Crippen LogP contribution < -0.4 is 0 Å². The molecule has 0 aliphatic carbocycles. The Morgan fingerprint density at radius 1 is 1.16 bits per heavy atom. The third kappa shape index (κ3) is 4.84. The van der Waals surface area contributed by atoms with E-state index < -0.39 is 4.92 Å². The van der Waals surface area contributed by atoms with Crippen LogP contribution in [-0.2, 0) is 11.3 Å². The van der Waals surface area contributed by atoms with Crippen molar-refractivity contribution in [2.45, 2.75) is 19.1 Å². The second-order valence-corrected chi connectivity index (χ2v) is 7.11. The average Bonchev–Trinajstić information content (AvgIpc) is 3.30. The highest BCUT2D eigenvalue weighted by Gasteiger charge is 2.26. The van der Waals surface area contributed by atoms with Crippen molar-refractivity contribution in [2.75, 3.05) is 13.2 Å². The Labute approximate surface area is 178 Å². The lowest BCUT2D eigenvalue weighted by Gasteiger charge is -2.31. The van der Waals surface area contributed by atoms with Crippen LogP contribution in [0.3, 0.4) is 0 Å². The lowest BCUT2D eigenvalue weighted by atomic mass is 10.1. The van der Waals surface area contributed by atoms with Crippen LogP contribution in [0.2, 0.25) is 0 Å². The molecule has 0 spiro atoms. The van der Waals surface area contributed by atoms with Crippen LogP contribution in [0.25, 0.3) is 11.3 Å². The van der Waals surface area contributed by atoms with Gasteiger partial charge in [-0.3, -0.25) is 10.1 Å². The lowest BCUT2D eigenvalue weighted by Crippen LogP contribution is -2.46. The zero-order valence-electron chi connectivity index (χ0n) is 16.7. The Morgan fingerprint density at radius 2 is 1.94 bits per heavy atom. The SMILES string of the molecule is O=C(N1CCC=C[C@@H]1COCc1ccccc1)n1cc(-c2ccc([N+](=O)[O-])cc2)nn1. The molecule has 2 aromatic carbocycles. The monoisotopic (exact) mass is 419 g/mol. The Kier molecular flexibility index (Phi) is 6.13. The lowest BCUT2D eigenvalue weighted by molar-refractivity contribution is -0.384. The molecule has 1 aliphatic rings. The fraction of sp³-hybridized carbons (Fsp3) is 0.227. The van der Waals surface area contributed by atoms with Crippen LogP contribution >= 0.6 is 0 Å². The van der Waals surface area contributed by atoms with E-state index in [-0.39, 0.29) is 17.8 Å². The summed E-state index contributed by atoms with van der Waals surface area (Å²) >= 11 is 0. The van der Waals surface area contributed by atoms with Gasteiger partial charge >= 0.3 is 6.03 Å². The summed E-state index contributed by atoms with van der Waals surface area (Å²) in [6.45, 7) is 1.41. The summed E-state index contributed by atoms with van der Waals surface area (Å²) in [6.07, 6.45) is 6.30. The van der Waals surface area contributed by atoms with Crippen LogP contribution in [-0.4, -0.2) is 50.0 Å². The average molecular weight is 419 g/mol.